The Kier molecular flexibility index (Phi) is 3.01. The van der Waals surface area contributed by atoms with E-state index in [0.717, 1.165) is 12.5 Å². The van der Waals surface area contributed by atoms with Crippen LogP contribution in [0, 0.1) is 0 Å². The van der Waals surface area contributed by atoms with Crippen molar-refractivity contribution in [2.45, 2.75) is 31.1 Å². The molecule has 0 amide bonds. The van der Waals surface area contributed by atoms with Crippen molar-refractivity contribution in [3.05, 3.63) is 12.4 Å². The Morgan fingerprint density at radius 2 is 2.50 bits per heavy atom. The van der Waals surface area contributed by atoms with Crippen LogP contribution in [0.15, 0.2) is 12.4 Å². The van der Waals surface area contributed by atoms with Gasteiger partial charge in [-0.25, -0.2) is 4.98 Å². The number of anilines is 1. The van der Waals surface area contributed by atoms with E-state index in [1.54, 1.807) is 0 Å². The number of thioether (sulfide) groups is 1. The van der Waals surface area contributed by atoms with E-state index >= 15 is 0 Å². The Bertz CT molecular complexity index is 293. The Balaban J connectivity index is 1.91. The average Bonchev–Trinajstić information content (AvgIpc) is 2.94. The Morgan fingerprint density at radius 1 is 1.71 bits per heavy atom. The molecular weight excluding hydrogens is 194 g/mol. The highest BCUT2D eigenvalue weighted by molar-refractivity contribution is 7.99. The van der Waals surface area contributed by atoms with Gasteiger partial charge < -0.3 is 9.88 Å². The van der Waals surface area contributed by atoms with Gasteiger partial charge in [-0.05, 0) is 19.1 Å². The third-order valence-electron chi connectivity index (χ3n) is 2.56. The van der Waals surface area contributed by atoms with Crippen molar-refractivity contribution >= 4 is 17.7 Å². The van der Waals surface area contributed by atoms with Gasteiger partial charge in [-0.2, -0.15) is 11.8 Å². The summed E-state index contributed by atoms with van der Waals surface area (Å²) in [5.74, 6) is 1.04. The summed E-state index contributed by atoms with van der Waals surface area (Å²) in [5, 5.41) is 4.03. The van der Waals surface area contributed by atoms with Gasteiger partial charge in [0.15, 0.2) is 0 Å². The SMILES string of the molecule is CSC(C)CNc1nccn1C1CC1. The van der Waals surface area contributed by atoms with Crippen molar-refractivity contribution in [2.24, 2.45) is 0 Å². The first-order valence-electron chi connectivity index (χ1n) is 5.10. The van der Waals surface area contributed by atoms with Crippen LogP contribution in [-0.4, -0.2) is 27.6 Å². The largest absolute Gasteiger partial charge is 0.355 e. The Labute approximate surface area is 89.3 Å². The van der Waals surface area contributed by atoms with Gasteiger partial charge in [0.1, 0.15) is 0 Å². The van der Waals surface area contributed by atoms with Crippen molar-refractivity contribution in [3.63, 3.8) is 0 Å². The molecule has 78 valence electrons. The highest BCUT2D eigenvalue weighted by Crippen LogP contribution is 2.36. The molecule has 1 unspecified atom stereocenters. The van der Waals surface area contributed by atoms with Gasteiger partial charge in [0.2, 0.25) is 5.95 Å². The third-order valence-corrected chi connectivity index (χ3v) is 3.53. The topological polar surface area (TPSA) is 29.9 Å². The van der Waals surface area contributed by atoms with Crippen LogP contribution in [0.4, 0.5) is 5.95 Å². The van der Waals surface area contributed by atoms with Gasteiger partial charge in [-0.3, -0.25) is 0 Å². The average molecular weight is 211 g/mol. The first kappa shape index (κ1) is 9.90. The predicted octanol–water partition coefficient (Wildman–Crippen LogP) is 2.38. The maximum Gasteiger partial charge on any atom is 0.203 e. The van der Waals surface area contributed by atoms with Crippen molar-refractivity contribution in [3.8, 4) is 0 Å². The lowest BCUT2D eigenvalue weighted by molar-refractivity contribution is 0.742. The maximum atomic E-state index is 4.33. The highest BCUT2D eigenvalue weighted by Gasteiger charge is 2.25. The molecule has 2 rings (SSSR count). The minimum absolute atomic E-state index is 0.638. The fourth-order valence-electron chi connectivity index (χ4n) is 1.42. The van der Waals surface area contributed by atoms with Crippen LogP contribution in [0.25, 0.3) is 0 Å². The van der Waals surface area contributed by atoms with Crippen molar-refractivity contribution in [2.75, 3.05) is 18.1 Å². The van der Waals surface area contributed by atoms with Crippen molar-refractivity contribution in [1.29, 1.82) is 0 Å². The number of nitrogens with one attached hydrogen (secondary N) is 1. The zero-order valence-electron chi connectivity index (χ0n) is 8.73. The molecule has 1 saturated carbocycles. The van der Waals surface area contributed by atoms with Gasteiger partial charge in [0.25, 0.3) is 0 Å². The van der Waals surface area contributed by atoms with Crippen LogP contribution >= 0.6 is 11.8 Å². The van der Waals surface area contributed by atoms with Gasteiger partial charge >= 0.3 is 0 Å². The number of nitrogens with zero attached hydrogens (tertiary/aromatic N) is 2. The molecule has 0 bridgehead atoms. The first-order valence-corrected chi connectivity index (χ1v) is 6.39. The lowest BCUT2D eigenvalue weighted by atomic mass is 10.5. The molecule has 1 aliphatic carbocycles. The summed E-state index contributed by atoms with van der Waals surface area (Å²) in [6.45, 7) is 3.22. The van der Waals surface area contributed by atoms with Gasteiger partial charge in [0, 0.05) is 30.2 Å². The molecule has 3 nitrogen and oxygen atoms in total. The number of hydrogen-bond acceptors (Lipinski definition) is 3. The van der Waals surface area contributed by atoms with Crippen molar-refractivity contribution in [1.82, 2.24) is 9.55 Å². The molecule has 0 aliphatic heterocycles. The van der Waals surface area contributed by atoms with Crippen LogP contribution in [-0.2, 0) is 0 Å². The number of hydrogen-bond donors (Lipinski definition) is 1. The number of rotatable bonds is 5. The van der Waals surface area contributed by atoms with Crippen LogP contribution < -0.4 is 5.32 Å². The summed E-state index contributed by atoms with van der Waals surface area (Å²) < 4.78 is 2.26. The molecule has 1 aromatic heterocycles. The van der Waals surface area contributed by atoms with E-state index < -0.39 is 0 Å². The molecule has 0 spiro atoms. The molecule has 1 heterocycles. The lowest BCUT2D eigenvalue weighted by Gasteiger charge is -2.11. The van der Waals surface area contributed by atoms with Gasteiger partial charge in [-0.1, -0.05) is 6.92 Å². The predicted molar refractivity (Wildman–Crippen MR) is 62.0 cm³/mol. The summed E-state index contributed by atoms with van der Waals surface area (Å²) in [6.07, 6.45) is 8.71. The van der Waals surface area contributed by atoms with Crippen LogP contribution in [0.3, 0.4) is 0 Å². The molecule has 4 heteroatoms. The molecule has 1 N–H and O–H groups in total. The molecule has 14 heavy (non-hydrogen) atoms. The fraction of sp³-hybridized carbons (Fsp3) is 0.700. The van der Waals surface area contributed by atoms with Gasteiger partial charge in [0.05, 0.1) is 0 Å². The molecule has 1 fully saturated rings. The smallest absolute Gasteiger partial charge is 0.203 e. The Morgan fingerprint density at radius 3 is 3.14 bits per heavy atom. The normalized spacial score (nSPS) is 18.1. The van der Waals surface area contributed by atoms with Crippen LogP contribution in [0.5, 0.6) is 0 Å². The quantitative estimate of drug-likeness (QED) is 0.811. The minimum Gasteiger partial charge on any atom is -0.355 e. The van der Waals surface area contributed by atoms with Crippen molar-refractivity contribution < 1.29 is 0 Å². The number of imidazole rings is 1. The summed E-state index contributed by atoms with van der Waals surface area (Å²) in [5.41, 5.74) is 0. The highest BCUT2D eigenvalue weighted by atomic mass is 32.2. The summed E-state index contributed by atoms with van der Waals surface area (Å²) >= 11 is 1.88. The Hall–Kier alpha value is -0.640. The molecule has 1 aromatic rings. The molecular formula is C10H17N3S. The lowest BCUT2D eigenvalue weighted by Crippen LogP contribution is -2.15. The van der Waals surface area contributed by atoms with E-state index in [9.17, 15) is 0 Å². The standard InChI is InChI=1S/C10H17N3S/c1-8(14-2)7-12-10-11-5-6-13(10)9-3-4-9/h5-6,8-9H,3-4,7H2,1-2H3,(H,11,12). The fourth-order valence-corrected chi connectivity index (χ4v) is 1.67. The second-order valence-corrected chi connectivity index (χ2v) is 5.09. The molecule has 1 aliphatic rings. The monoisotopic (exact) mass is 211 g/mol. The van der Waals surface area contributed by atoms with E-state index in [2.05, 4.69) is 34.2 Å². The molecule has 0 radical (unpaired) electrons. The van der Waals surface area contributed by atoms with Gasteiger partial charge in [-0.15, -0.1) is 0 Å². The zero-order chi connectivity index (χ0) is 9.97. The second kappa shape index (κ2) is 4.26. The third kappa shape index (κ3) is 2.23. The molecule has 0 aromatic carbocycles. The maximum absolute atomic E-state index is 4.33. The molecule has 1 atom stereocenters. The second-order valence-electron chi connectivity index (χ2n) is 3.82. The van der Waals surface area contributed by atoms with Crippen LogP contribution in [0.1, 0.15) is 25.8 Å². The van der Waals surface area contributed by atoms with E-state index in [1.165, 1.54) is 12.8 Å². The van der Waals surface area contributed by atoms with E-state index in [-0.39, 0.29) is 0 Å². The van der Waals surface area contributed by atoms with E-state index in [1.807, 2.05) is 18.0 Å². The van der Waals surface area contributed by atoms with Crippen LogP contribution in [0.2, 0.25) is 0 Å². The summed E-state index contributed by atoms with van der Waals surface area (Å²) in [6, 6.07) is 0.713. The first-order chi connectivity index (χ1) is 6.81. The summed E-state index contributed by atoms with van der Waals surface area (Å²) in [4.78, 5) is 4.33. The minimum atomic E-state index is 0.638. The summed E-state index contributed by atoms with van der Waals surface area (Å²) in [7, 11) is 0. The van der Waals surface area contributed by atoms with E-state index in [0.29, 0.717) is 11.3 Å². The number of aromatic nitrogens is 2. The molecule has 0 saturated heterocycles. The zero-order valence-corrected chi connectivity index (χ0v) is 9.55. The van der Waals surface area contributed by atoms with E-state index in [4.69, 9.17) is 0 Å².